The lowest BCUT2D eigenvalue weighted by molar-refractivity contribution is -0.143. The van der Waals surface area contributed by atoms with E-state index < -0.39 is 11.9 Å². The fourth-order valence-corrected chi connectivity index (χ4v) is 3.33. The Morgan fingerprint density at radius 2 is 1.69 bits per heavy atom. The smallest absolute Gasteiger partial charge is 0.306 e. The van der Waals surface area contributed by atoms with Crippen molar-refractivity contribution < 1.29 is 19.4 Å². The standard InChI is InChI=1S/C21H23NO4/c23-20(15-8-6-9-16(13-15)21(24)25)22-19-12-5-4-7-17(19)14-26-18-10-2-1-3-11-18/h1-5,7,10-12,15-16H,6,8-9,13-14H2,(H,22,23)(H,24,25). The van der Waals surface area contributed by atoms with E-state index in [1.807, 2.05) is 54.6 Å². The van der Waals surface area contributed by atoms with Crippen molar-refractivity contribution in [1.82, 2.24) is 0 Å². The first-order chi connectivity index (χ1) is 12.6. The summed E-state index contributed by atoms with van der Waals surface area (Å²) in [5, 5.41) is 12.2. The molecule has 0 aliphatic heterocycles. The molecule has 1 saturated carbocycles. The van der Waals surface area contributed by atoms with Gasteiger partial charge in [-0.3, -0.25) is 9.59 Å². The lowest BCUT2D eigenvalue weighted by Crippen LogP contribution is -2.31. The molecule has 136 valence electrons. The van der Waals surface area contributed by atoms with Gasteiger partial charge in [0.05, 0.1) is 5.92 Å². The third-order valence-corrected chi connectivity index (χ3v) is 4.81. The van der Waals surface area contributed by atoms with Gasteiger partial charge in [0, 0.05) is 17.2 Å². The molecule has 2 N–H and O–H groups in total. The van der Waals surface area contributed by atoms with E-state index in [0.29, 0.717) is 25.1 Å². The summed E-state index contributed by atoms with van der Waals surface area (Å²) in [7, 11) is 0. The number of carboxylic acids is 1. The van der Waals surface area contributed by atoms with Gasteiger partial charge in [-0.05, 0) is 37.5 Å². The van der Waals surface area contributed by atoms with Crippen LogP contribution in [0.4, 0.5) is 5.69 Å². The van der Waals surface area contributed by atoms with Crippen molar-refractivity contribution in [3.8, 4) is 5.75 Å². The van der Waals surface area contributed by atoms with Gasteiger partial charge in [0.25, 0.3) is 0 Å². The lowest BCUT2D eigenvalue weighted by atomic mass is 9.81. The molecule has 1 aliphatic rings. The highest BCUT2D eigenvalue weighted by molar-refractivity contribution is 5.93. The number of benzene rings is 2. The van der Waals surface area contributed by atoms with Gasteiger partial charge in [-0.2, -0.15) is 0 Å². The molecule has 5 nitrogen and oxygen atoms in total. The molecule has 1 amide bonds. The molecule has 0 saturated heterocycles. The van der Waals surface area contributed by atoms with Crippen LogP contribution in [0.15, 0.2) is 54.6 Å². The Hall–Kier alpha value is -2.82. The summed E-state index contributed by atoms with van der Waals surface area (Å²) >= 11 is 0. The number of hydrogen-bond acceptors (Lipinski definition) is 3. The molecule has 0 aromatic heterocycles. The van der Waals surface area contributed by atoms with Crippen LogP contribution in [0.3, 0.4) is 0 Å². The third-order valence-electron chi connectivity index (χ3n) is 4.81. The Balaban J connectivity index is 1.64. The van der Waals surface area contributed by atoms with E-state index in [-0.39, 0.29) is 11.8 Å². The first-order valence-electron chi connectivity index (χ1n) is 8.93. The van der Waals surface area contributed by atoms with Crippen molar-refractivity contribution in [2.45, 2.75) is 32.3 Å². The van der Waals surface area contributed by atoms with Gasteiger partial charge in [0.1, 0.15) is 12.4 Å². The van der Waals surface area contributed by atoms with Crippen LogP contribution in [0.25, 0.3) is 0 Å². The van der Waals surface area contributed by atoms with Gasteiger partial charge in [-0.1, -0.05) is 42.8 Å². The minimum Gasteiger partial charge on any atom is -0.489 e. The average Bonchev–Trinajstić information content (AvgIpc) is 2.68. The number of hydrogen-bond donors (Lipinski definition) is 2. The summed E-state index contributed by atoms with van der Waals surface area (Å²) in [4.78, 5) is 23.8. The molecule has 3 rings (SSSR count). The molecule has 2 aromatic rings. The third kappa shape index (κ3) is 4.63. The molecular weight excluding hydrogens is 330 g/mol. The molecule has 0 spiro atoms. The Morgan fingerprint density at radius 1 is 1.00 bits per heavy atom. The van der Waals surface area contributed by atoms with E-state index in [1.165, 1.54) is 0 Å². The zero-order valence-electron chi connectivity index (χ0n) is 14.6. The van der Waals surface area contributed by atoms with Crippen molar-refractivity contribution in [3.63, 3.8) is 0 Å². The molecular formula is C21H23NO4. The molecule has 26 heavy (non-hydrogen) atoms. The number of amides is 1. The normalized spacial score (nSPS) is 19.5. The Morgan fingerprint density at radius 3 is 2.46 bits per heavy atom. The number of carbonyl (C=O) groups excluding carboxylic acids is 1. The molecule has 2 unspecified atom stereocenters. The largest absolute Gasteiger partial charge is 0.489 e. The number of aliphatic carboxylic acids is 1. The first-order valence-corrected chi connectivity index (χ1v) is 8.93. The van der Waals surface area contributed by atoms with E-state index >= 15 is 0 Å². The molecule has 2 aromatic carbocycles. The van der Waals surface area contributed by atoms with Gasteiger partial charge in [-0.15, -0.1) is 0 Å². The monoisotopic (exact) mass is 353 g/mol. The molecule has 0 bridgehead atoms. The lowest BCUT2D eigenvalue weighted by Gasteiger charge is -2.26. The van der Waals surface area contributed by atoms with Crippen LogP contribution in [-0.4, -0.2) is 17.0 Å². The molecule has 0 heterocycles. The topological polar surface area (TPSA) is 75.6 Å². The highest BCUT2D eigenvalue weighted by atomic mass is 16.5. The van der Waals surface area contributed by atoms with Crippen molar-refractivity contribution in [3.05, 3.63) is 60.2 Å². The van der Waals surface area contributed by atoms with Crippen molar-refractivity contribution in [1.29, 1.82) is 0 Å². The predicted molar refractivity (Wildman–Crippen MR) is 98.9 cm³/mol. The van der Waals surface area contributed by atoms with E-state index in [4.69, 9.17) is 4.74 Å². The minimum atomic E-state index is -0.806. The van der Waals surface area contributed by atoms with Crippen molar-refractivity contribution in [2.75, 3.05) is 5.32 Å². The SMILES string of the molecule is O=C(O)C1CCCC(C(=O)Nc2ccccc2COc2ccccc2)C1. The molecule has 5 heteroatoms. The van der Waals surface area contributed by atoms with Gasteiger partial charge in [-0.25, -0.2) is 0 Å². The minimum absolute atomic E-state index is 0.108. The maximum absolute atomic E-state index is 12.6. The number of nitrogens with one attached hydrogen (secondary N) is 1. The van der Waals surface area contributed by atoms with Crippen LogP contribution in [-0.2, 0) is 16.2 Å². The Labute approximate surface area is 153 Å². The predicted octanol–water partition coefficient (Wildman–Crippen LogP) is 4.10. The summed E-state index contributed by atoms with van der Waals surface area (Å²) in [6.07, 6.45) is 2.57. The summed E-state index contributed by atoms with van der Waals surface area (Å²) in [5.41, 5.74) is 1.60. The zero-order valence-corrected chi connectivity index (χ0v) is 14.6. The highest BCUT2D eigenvalue weighted by Crippen LogP contribution is 2.30. The van der Waals surface area contributed by atoms with E-state index in [1.54, 1.807) is 0 Å². The first kappa shape index (κ1) is 18.0. The number of anilines is 1. The molecule has 2 atom stereocenters. The average molecular weight is 353 g/mol. The summed E-state index contributed by atoms with van der Waals surface area (Å²) in [6.45, 7) is 0.350. The number of ether oxygens (including phenoxy) is 1. The second-order valence-corrected chi connectivity index (χ2v) is 6.65. The van der Waals surface area contributed by atoms with Crippen LogP contribution >= 0.6 is 0 Å². The maximum atomic E-state index is 12.6. The van der Waals surface area contributed by atoms with Crippen LogP contribution in [0.2, 0.25) is 0 Å². The maximum Gasteiger partial charge on any atom is 0.306 e. The molecule has 0 radical (unpaired) electrons. The van der Waals surface area contributed by atoms with Gasteiger partial charge in [0.2, 0.25) is 5.91 Å². The second-order valence-electron chi connectivity index (χ2n) is 6.65. The number of para-hydroxylation sites is 2. The summed E-state index contributed by atoms with van der Waals surface area (Å²) < 4.78 is 5.78. The second kappa shape index (κ2) is 8.52. The van der Waals surface area contributed by atoms with Gasteiger partial charge >= 0.3 is 5.97 Å². The van der Waals surface area contributed by atoms with Gasteiger partial charge < -0.3 is 15.2 Å². The number of carbonyl (C=O) groups is 2. The molecule has 1 fully saturated rings. The summed E-state index contributed by atoms with van der Waals surface area (Å²) in [6, 6.07) is 17.0. The number of carboxylic acid groups (broad SMARTS) is 1. The quantitative estimate of drug-likeness (QED) is 0.820. The zero-order chi connectivity index (χ0) is 18.4. The van der Waals surface area contributed by atoms with Crippen molar-refractivity contribution in [2.24, 2.45) is 11.8 Å². The van der Waals surface area contributed by atoms with Crippen LogP contribution in [0.1, 0.15) is 31.2 Å². The Kier molecular flexibility index (Phi) is 5.89. The fraction of sp³-hybridized carbons (Fsp3) is 0.333. The number of rotatable bonds is 6. The summed E-state index contributed by atoms with van der Waals surface area (Å²) in [5.74, 6) is -0.823. The van der Waals surface area contributed by atoms with E-state index in [0.717, 1.165) is 24.2 Å². The van der Waals surface area contributed by atoms with Crippen LogP contribution in [0.5, 0.6) is 5.75 Å². The molecule has 1 aliphatic carbocycles. The van der Waals surface area contributed by atoms with Gasteiger partial charge in [0.15, 0.2) is 0 Å². The van der Waals surface area contributed by atoms with E-state index in [2.05, 4.69) is 5.32 Å². The Bertz CT molecular complexity index is 760. The van der Waals surface area contributed by atoms with Crippen LogP contribution < -0.4 is 10.1 Å². The van der Waals surface area contributed by atoms with Crippen molar-refractivity contribution >= 4 is 17.6 Å². The fourth-order valence-electron chi connectivity index (χ4n) is 3.33. The highest BCUT2D eigenvalue weighted by Gasteiger charge is 2.31. The van der Waals surface area contributed by atoms with Crippen LogP contribution in [0, 0.1) is 11.8 Å². The van der Waals surface area contributed by atoms with E-state index in [9.17, 15) is 14.7 Å².